The molecular weight excluding hydrogens is 350 g/mol. The van der Waals surface area contributed by atoms with Crippen molar-refractivity contribution in [2.45, 2.75) is 20.8 Å². The average Bonchev–Trinajstić information content (AvgIpc) is 3.03. The number of amides is 2. The molecule has 0 unspecified atom stereocenters. The van der Waals surface area contributed by atoms with Gasteiger partial charge in [-0.25, -0.2) is 4.98 Å². The Hall–Kier alpha value is -2.38. The van der Waals surface area contributed by atoms with Gasteiger partial charge < -0.3 is 9.30 Å². The van der Waals surface area contributed by atoms with Crippen molar-refractivity contribution in [1.29, 1.82) is 0 Å². The number of hydrogen-bond donors (Lipinski definition) is 0. The fourth-order valence-electron chi connectivity index (χ4n) is 2.90. The summed E-state index contributed by atoms with van der Waals surface area (Å²) in [6.45, 7) is 6.58. The summed E-state index contributed by atoms with van der Waals surface area (Å²) in [5.74, 6) is 0.564. The number of aromatic nitrogens is 2. The van der Waals surface area contributed by atoms with E-state index in [-0.39, 0.29) is 17.7 Å². The fourth-order valence-corrected chi connectivity index (χ4v) is 3.75. The molecule has 0 radical (unpaired) electrons. The number of carbonyl (C=O) groups is 2. The Labute approximate surface area is 156 Å². The highest BCUT2D eigenvalue weighted by Crippen LogP contribution is 2.33. The number of thioether (sulfide) groups is 1. The molecule has 0 aromatic carbocycles. The van der Waals surface area contributed by atoms with E-state index in [0.717, 1.165) is 40.1 Å². The van der Waals surface area contributed by atoms with Gasteiger partial charge in [-0.3, -0.25) is 14.5 Å². The lowest BCUT2D eigenvalue weighted by Gasteiger charge is -2.10. The van der Waals surface area contributed by atoms with E-state index in [2.05, 4.69) is 4.98 Å². The van der Waals surface area contributed by atoms with Crippen LogP contribution in [0.5, 0.6) is 0 Å². The van der Waals surface area contributed by atoms with Crippen molar-refractivity contribution < 1.29 is 14.3 Å². The van der Waals surface area contributed by atoms with Crippen LogP contribution in [0.2, 0.25) is 0 Å². The van der Waals surface area contributed by atoms with Gasteiger partial charge in [-0.15, -0.1) is 0 Å². The maximum Gasteiger partial charge on any atom is 0.293 e. The highest BCUT2D eigenvalue weighted by molar-refractivity contribution is 8.18. The first kappa shape index (κ1) is 18.4. The Balaban J connectivity index is 1.93. The largest absolute Gasteiger partial charge is 0.383 e. The second-order valence-electron chi connectivity index (χ2n) is 6.18. The van der Waals surface area contributed by atoms with Crippen LogP contribution in [0.15, 0.2) is 29.3 Å². The zero-order valence-electron chi connectivity index (χ0n) is 15.3. The number of methoxy groups -OCH3 is 1. The van der Waals surface area contributed by atoms with Crippen LogP contribution in [0, 0.1) is 20.8 Å². The van der Waals surface area contributed by atoms with Crippen molar-refractivity contribution in [1.82, 2.24) is 14.5 Å². The second kappa shape index (κ2) is 7.47. The molecule has 26 heavy (non-hydrogen) atoms. The van der Waals surface area contributed by atoms with Crippen molar-refractivity contribution in [3.63, 3.8) is 0 Å². The number of ether oxygens (including phenoxy) is 1. The highest BCUT2D eigenvalue weighted by Gasteiger charge is 2.34. The fraction of sp³-hybridized carbons (Fsp3) is 0.316. The molecule has 136 valence electrons. The van der Waals surface area contributed by atoms with E-state index in [9.17, 15) is 9.59 Å². The Morgan fingerprint density at radius 1 is 1.23 bits per heavy atom. The summed E-state index contributed by atoms with van der Waals surface area (Å²) in [5, 5.41) is -0.257. The lowest BCUT2D eigenvalue weighted by atomic mass is 10.2. The monoisotopic (exact) mass is 371 g/mol. The molecular formula is C19H21N3O3S. The van der Waals surface area contributed by atoms with E-state index < -0.39 is 0 Å². The number of aryl methyl sites for hydroxylation is 2. The van der Waals surface area contributed by atoms with Gasteiger partial charge >= 0.3 is 0 Å². The number of nitrogens with zero attached hydrogens (tertiary/aromatic N) is 3. The summed E-state index contributed by atoms with van der Waals surface area (Å²) >= 11 is 0.967. The van der Waals surface area contributed by atoms with Gasteiger partial charge in [-0.2, -0.15) is 0 Å². The van der Waals surface area contributed by atoms with E-state index >= 15 is 0 Å². The summed E-state index contributed by atoms with van der Waals surface area (Å²) in [6.07, 6.45) is 3.61. The highest BCUT2D eigenvalue weighted by atomic mass is 32.2. The Morgan fingerprint density at radius 3 is 2.65 bits per heavy atom. The van der Waals surface area contributed by atoms with E-state index in [1.807, 2.05) is 49.7 Å². The first-order valence-electron chi connectivity index (χ1n) is 8.28. The molecule has 0 N–H and O–H groups in total. The van der Waals surface area contributed by atoms with E-state index in [1.165, 1.54) is 4.90 Å². The van der Waals surface area contributed by atoms with Crippen molar-refractivity contribution in [3.05, 3.63) is 51.8 Å². The Morgan fingerprint density at radius 2 is 2.00 bits per heavy atom. The molecule has 3 heterocycles. The molecule has 1 saturated heterocycles. The number of carbonyl (C=O) groups excluding carboxylic acids is 2. The third-order valence-electron chi connectivity index (χ3n) is 4.27. The van der Waals surface area contributed by atoms with E-state index in [1.54, 1.807) is 13.2 Å². The summed E-state index contributed by atoms with van der Waals surface area (Å²) in [4.78, 5) is 30.7. The summed E-state index contributed by atoms with van der Waals surface area (Å²) in [7, 11) is 1.54. The van der Waals surface area contributed by atoms with Crippen LogP contribution in [0.3, 0.4) is 0 Å². The maximum absolute atomic E-state index is 12.5. The predicted molar refractivity (Wildman–Crippen MR) is 102 cm³/mol. The second-order valence-corrected chi connectivity index (χ2v) is 7.17. The average molecular weight is 371 g/mol. The van der Waals surface area contributed by atoms with Gasteiger partial charge in [0.15, 0.2) is 0 Å². The summed E-state index contributed by atoms with van der Waals surface area (Å²) < 4.78 is 7.01. The number of pyridine rings is 1. The molecule has 1 fully saturated rings. The van der Waals surface area contributed by atoms with Crippen LogP contribution in [0.1, 0.15) is 22.5 Å². The minimum Gasteiger partial charge on any atom is -0.383 e. The minimum absolute atomic E-state index is 0.257. The Bertz CT molecular complexity index is 884. The van der Waals surface area contributed by atoms with Crippen molar-refractivity contribution in [2.24, 2.45) is 0 Å². The molecule has 0 bridgehead atoms. The van der Waals surface area contributed by atoms with Crippen LogP contribution in [-0.4, -0.2) is 45.9 Å². The van der Waals surface area contributed by atoms with Gasteiger partial charge in [0.25, 0.3) is 11.1 Å². The quantitative estimate of drug-likeness (QED) is 0.753. The Kier molecular flexibility index (Phi) is 5.29. The van der Waals surface area contributed by atoms with Crippen LogP contribution in [0.4, 0.5) is 4.79 Å². The molecule has 2 aromatic rings. The summed E-state index contributed by atoms with van der Waals surface area (Å²) in [6, 6.07) is 5.99. The molecule has 6 nitrogen and oxygen atoms in total. The number of imide groups is 1. The smallest absolute Gasteiger partial charge is 0.293 e. The van der Waals surface area contributed by atoms with Crippen molar-refractivity contribution in [2.75, 3.05) is 20.3 Å². The molecule has 2 aromatic heterocycles. The zero-order chi connectivity index (χ0) is 18.8. The molecule has 0 saturated carbocycles. The maximum atomic E-state index is 12.5. The van der Waals surface area contributed by atoms with Gasteiger partial charge in [-0.1, -0.05) is 6.07 Å². The number of rotatable bonds is 5. The van der Waals surface area contributed by atoms with Gasteiger partial charge in [0.1, 0.15) is 5.82 Å². The molecule has 7 heteroatoms. The molecule has 1 aliphatic heterocycles. The summed E-state index contributed by atoms with van der Waals surface area (Å²) in [5.41, 5.74) is 3.99. The first-order valence-corrected chi connectivity index (χ1v) is 9.10. The first-order chi connectivity index (χ1) is 12.4. The van der Waals surface area contributed by atoms with Gasteiger partial charge in [-0.05, 0) is 61.9 Å². The molecule has 2 amide bonds. The third kappa shape index (κ3) is 3.45. The van der Waals surface area contributed by atoms with Crippen LogP contribution >= 0.6 is 11.8 Å². The number of hydrogen-bond acceptors (Lipinski definition) is 5. The van der Waals surface area contributed by atoms with Crippen molar-refractivity contribution in [3.8, 4) is 5.82 Å². The van der Waals surface area contributed by atoms with E-state index in [4.69, 9.17) is 4.74 Å². The zero-order valence-corrected chi connectivity index (χ0v) is 16.1. The molecule has 0 atom stereocenters. The third-order valence-corrected chi connectivity index (χ3v) is 5.18. The normalized spacial score (nSPS) is 16.2. The topological polar surface area (TPSA) is 64.4 Å². The van der Waals surface area contributed by atoms with Gasteiger partial charge in [0.05, 0.1) is 18.1 Å². The SMILES string of the molecule is COCCN1C(=O)S/C(=C/c2cc(C)n(-c3ccc(C)cn3)c2C)C1=O. The van der Waals surface area contributed by atoms with Gasteiger partial charge in [0, 0.05) is 24.7 Å². The lowest BCUT2D eigenvalue weighted by molar-refractivity contribution is -0.123. The van der Waals surface area contributed by atoms with Crippen LogP contribution in [-0.2, 0) is 9.53 Å². The molecule has 1 aliphatic rings. The van der Waals surface area contributed by atoms with Gasteiger partial charge in [0.2, 0.25) is 0 Å². The van der Waals surface area contributed by atoms with Crippen molar-refractivity contribution >= 4 is 29.0 Å². The predicted octanol–water partition coefficient (Wildman–Crippen LogP) is 3.48. The van der Waals surface area contributed by atoms with E-state index in [0.29, 0.717) is 11.5 Å². The lowest BCUT2D eigenvalue weighted by Crippen LogP contribution is -2.31. The molecule has 0 aliphatic carbocycles. The molecule has 0 spiro atoms. The van der Waals surface area contributed by atoms with Crippen LogP contribution in [0.25, 0.3) is 11.9 Å². The van der Waals surface area contributed by atoms with Crippen LogP contribution < -0.4 is 0 Å². The minimum atomic E-state index is -0.268. The standard InChI is InChI=1S/C19H21N3O3S/c1-12-5-6-17(20-11-12)22-13(2)9-15(14(22)3)10-16-18(23)21(7-8-25-4)19(24)26-16/h5-6,9-11H,7-8H2,1-4H3/b16-10+. The molecule has 3 rings (SSSR count).